The molecule has 0 fully saturated rings. The summed E-state index contributed by atoms with van der Waals surface area (Å²) in [7, 11) is 0. The molecule has 0 unspecified atom stereocenters. The summed E-state index contributed by atoms with van der Waals surface area (Å²) >= 11 is 1.75. The zero-order valence-corrected chi connectivity index (χ0v) is 15.7. The van der Waals surface area contributed by atoms with Crippen LogP contribution in [0, 0.1) is 13.8 Å². The summed E-state index contributed by atoms with van der Waals surface area (Å²) < 4.78 is 6.46. The fraction of sp³-hybridized carbons (Fsp3) is 0.227. The van der Waals surface area contributed by atoms with Gasteiger partial charge in [0.25, 0.3) is 0 Å². The summed E-state index contributed by atoms with van der Waals surface area (Å²) in [6, 6.07) is 19.4. The van der Waals surface area contributed by atoms with E-state index < -0.39 is 0 Å². The van der Waals surface area contributed by atoms with Gasteiger partial charge in [-0.3, -0.25) is 0 Å². The first kappa shape index (κ1) is 15.6. The third kappa shape index (κ3) is 2.44. The van der Waals surface area contributed by atoms with Crippen LogP contribution in [0.5, 0.6) is 5.75 Å². The van der Waals surface area contributed by atoms with Gasteiger partial charge in [-0.15, -0.1) is 11.3 Å². The lowest BCUT2D eigenvalue weighted by Gasteiger charge is -2.38. The van der Waals surface area contributed by atoms with Crippen LogP contribution in [0.4, 0.5) is 0 Å². The number of ether oxygens (including phenoxy) is 1. The van der Waals surface area contributed by atoms with Crippen LogP contribution < -0.4 is 4.74 Å². The minimum atomic E-state index is -0.188. The quantitative estimate of drug-likeness (QED) is 0.593. The zero-order valence-electron chi connectivity index (χ0n) is 14.8. The number of benzene rings is 2. The van der Waals surface area contributed by atoms with Crippen LogP contribution >= 0.6 is 11.3 Å². The molecule has 0 radical (unpaired) electrons. The van der Waals surface area contributed by atoms with Crippen molar-refractivity contribution in [3.05, 3.63) is 87.1 Å². The van der Waals surface area contributed by atoms with Crippen molar-refractivity contribution < 1.29 is 4.74 Å². The highest BCUT2D eigenvalue weighted by molar-refractivity contribution is 7.12. The Labute approximate surface area is 157 Å². The Balaban J connectivity index is 1.64. The summed E-state index contributed by atoms with van der Waals surface area (Å²) in [6.07, 6.45) is 0.731. The van der Waals surface area contributed by atoms with Crippen molar-refractivity contribution >= 4 is 17.0 Å². The van der Waals surface area contributed by atoms with E-state index in [4.69, 9.17) is 9.84 Å². The normalized spacial score (nSPS) is 21.0. The van der Waals surface area contributed by atoms with Crippen molar-refractivity contribution in [2.45, 2.75) is 32.5 Å². The molecule has 3 heterocycles. The molecule has 0 spiro atoms. The van der Waals surface area contributed by atoms with Gasteiger partial charge in [-0.2, -0.15) is 5.10 Å². The second-order valence-electron chi connectivity index (χ2n) is 6.99. The Morgan fingerprint density at radius 1 is 1.04 bits per heavy atom. The van der Waals surface area contributed by atoms with Gasteiger partial charge in [0.05, 0.1) is 16.6 Å². The van der Waals surface area contributed by atoms with E-state index in [1.807, 2.05) is 6.07 Å². The van der Waals surface area contributed by atoms with Crippen molar-refractivity contribution in [1.82, 2.24) is 5.01 Å². The number of nitrogens with zero attached hydrogens (tertiary/aromatic N) is 2. The third-order valence-corrected chi connectivity index (χ3v) is 6.12. The lowest BCUT2D eigenvalue weighted by Crippen LogP contribution is -2.34. The highest BCUT2D eigenvalue weighted by atomic mass is 32.1. The predicted octanol–water partition coefficient (Wildman–Crippen LogP) is 5.61. The molecule has 0 bridgehead atoms. The van der Waals surface area contributed by atoms with Crippen molar-refractivity contribution in [3.8, 4) is 5.75 Å². The minimum absolute atomic E-state index is 0.188. The number of fused-ring (bicyclic) bond motifs is 3. The van der Waals surface area contributed by atoms with E-state index >= 15 is 0 Å². The van der Waals surface area contributed by atoms with E-state index in [0.29, 0.717) is 0 Å². The molecule has 130 valence electrons. The molecule has 0 saturated heterocycles. The largest absolute Gasteiger partial charge is 0.464 e. The van der Waals surface area contributed by atoms with Crippen LogP contribution in [0.25, 0.3) is 0 Å². The Morgan fingerprint density at radius 2 is 1.92 bits per heavy atom. The van der Waals surface area contributed by atoms with Gasteiger partial charge in [0.2, 0.25) is 6.23 Å². The van der Waals surface area contributed by atoms with E-state index in [1.165, 1.54) is 27.1 Å². The van der Waals surface area contributed by atoms with Crippen molar-refractivity contribution in [1.29, 1.82) is 0 Å². The van der Waals surface area contributed by atoms with Gasteiger partial charge in [-0.05, 0) is 36.9 Å². The van der Waals surface area contributed by atoms with Crippen LogP contribution in [0.2, 0.25) is 0 Å². The molecule has 1 aromatic heterocycles. The number of thiophene rings is 1. The summed E-state index contributed by atoms with van der Waals surface area (Å²) in [5.41, 5.74) is 6.05. The molecule has 4 heteroatoms. The first-order valence-corrected chi connectivity index (χ1v) is 9.81. The number of para-hydroxylation sites is 1. The van der Waals surface area contributed by atoms with E-state index in [2.05, 4.69) is 72.8 Å². The fourth-order valence-electron chi connectivity index (χ4n) is 3.86. The second-order valence-corrected chi connectivity index (χ2v) is 7.94. The molecule has 26 heavy (non-hydrogen) atoms. The maximum Gasteiger partial charge on any atom is 0.214 e. The maximum absolute atomic E-state index is 6.46. The maximum atomic E-state index is 6.46. The van der Waals surface area contributed by atoms with Crippen LogP contribution in [-0.4, -0.2) is 10.7 Å². The first-order chi connectivity index (χ1) is 12.7. The lowest BCUT2D eigenvalue weighted by molar-refractivity contribution is -0.0194. The fourth-order valence-corrected chi connectivity index (χ4v) is 4.58. The van der Waals surface area contributed by atoms with Gasteiger partial charge in [0.1, 0.15) is 5.75 Å². The molecule has 3 aromatic rings. The molecule has 0 saturated carbocycles. The molecule has 5 rings (SSSR count). The highest BCUT2D eigenvalue weighted by Crippen LogP contribution is 2.48. The van der Waals surface area contributed by atoms with E-state index in [-0.39, 0.29) is 12.3 Å². The van der Waals surface area contributed by atoms with Crippen LogP contribution in [0.1, 0.15) is 45.8 Å². The van der Waals surface area contributed by atoms with Gasteiger partial charge in [-0.25, -0.2) is 5.01 Å². The second kappa shape index (κ2) is 5.99. The van der Waals surface area contributed by atoms with Crippen LogP contribution in [-0.2, 0) is 0 Å². The molecule has 0 N–H and O–H groups in total. The smallest absolute Gasteiger partial charge is 0.214 e. The van der Waals surface area contributed by atoms with Crippen molar-refractivity contribution in [2.75, 3.05) is 0 Å². The van der Waals surface area contributed by atoms with Gasteiger partial charge in [-0.1, -0.05) is 48.0 Å². The molecule has 0 aliphatic carbocycles. The SMILES string of the molecule is Cc1ccc(C)c([C@@H]2Oc3ccccc3[C@H]3CC(c4cccs4)=NN32)c1. The van der Waals surface area contributed by atoms with E-state index in [0.717, 1.165) is 17.9 Å². The summed E-state index contributed by atoms with van der Waals surface area (Å²) in [4.78, 5) is 1.25. The zero-order chi connectivity index (χ0) is 17.7. The number of aryl methyl sites for hydroxylation is 2. The Kier molecular flexibility index (Phi) is 3.61. The highest BCUT2D eigenvalue weighted by Gasteiger charge is 2.41. The molecule has 2 aliphatic rings. The topological polar surface area (TPSA) is 24.8 Å². The monoisotopic (exact) mass is 360 g/mol. The summed E-state index contributed by atoms with van der Waals surface area (Å²) in [6.45, 7) is 4.27. The van der Waals surface area contributed by atoms with Gasteiger partial charge < -0.3 is 4.74 Å². The molecule has 2 aromatic carbocycles. The average Bonchev–Trinajstić information content (AvgIpc) is 3.32. The lowest BCUT2D eigenvalue weighted by atomic mass is 9.96. The Morgan fingerprint density at radius 3 is 2.77 bits per heavy atom. The Hall–Kier alpha value is -2.59. The van der Waals surface area contributed by atoms with Crippen molar-refractivity contribution in [3.63, 3.8) is 0 Å². The minimum Gasteiger partial charge on any atom is -0.464 e. The van der Waals surface area contributed by atoms with Crippen LogP contribution in [0.15, 0.2) is 65.1 Å². The molecular formula is C22H20N2OS. The predicted molar refractivity (Wildman–Crippen MR) is 106 cm³/mol. The first-order valence-electron chi connectivity index (χ1n) is 8.93. The van der Waals surface area contributed by atoms with Crippen molar-refractivity contribution in [2.24, 2.45) is 5.10 Å². The number of rotatable bonds is 2. The molecule has 2 atom stereocenters. The van der Waals surface area contributed by atoms with Gasteiger partial charge in [0, 0.05) is 17.5 Å². The molecule has 0 amide bonds. The molecule has 3 nitrogen and oxygen atoms in total. The molecular weight excluding hydrogens is 340 g/mol. The standard InChI is InChI=1S/C22H20N2OS/c1-14-9-10-15(2)17(12-14)22-24-19(16-6-3-4-7-20(16)25-22)13-18(23-24)21-8-5-11-26-21/h3-12,19,22H,13H2,1-2H3/t19-,22+/m1/s1. The Bertz CT molecular complexity index is 993. The van der Waals surface area contributed by atoms with Crippen LogP contribution in [0.3, 0.4) is 0 Å². The molecule has 2 aliphatic heterocycles. The number of hydrazone groups is 1. The number of hydrogen-bond acceptors (Lipinski definition) is 4. The summed E-state index contributed by atoms with van der Waals surface area (Å²) in [5, 5.41) is 9.29. The number of hydrogen-bond donors (Lipinski definition) is 0. The van der Waals surface area contributed by atoms with E-state index in [9.17, 15) is 0 Å². The third-order valence-electron chi connectivity index (χ3n) is 5.21. The van der Waals surface area contributed by atoms with E-state index in [1.54, 1.807) is 11.3 Å². The van der Waals surface area contributed by atoms with Gasteiger partial charge >= 0.3 is 0 Å². The summed E-state index contributed by atoms with van der Waals surface area (Å²) in [5.74, 6) is 0.974. The average molecular weight is 360 g/mol. The van der Waals surface area contributed by atoms with Gasteiger partial charge in [0.15, 0.2) is 0 Å².